The van der Waals surface area contributed by atoms with Gasteiger partial charge < -0.3 is 10.5 Å². The van der Waals surface area contributed by atoms with Gasteiger partial charge in [0.1, 0.15) is 5.75 Å². The number of hydrogen-bond donors (Lipinski definition) is 1. The van der Waals surface area contributed by atoms with Gasteiger partial charge in [-0.1, -0.05) is 66.7 Å². The smallest absolute Gasteiger partial charge is 0.119 e. The highest BCUT2D eigenvalue weighted by Crippen LogP contribution is 2.31. The largest absolute Gasteiger partial charge is 0.497 e. The number of nitrogen functional groups attached to an aromatic ring is 1. The first kappa shape index (κ1) is 15.9. The summed E-state index contributed by atoms with van der Waals surface area (Å²) in [6, 6.07) is 26.5. The van der Waals surface area contributed by atoms with Crippen LogP contribution in [0.1, 0.15) is 16.7 Å². The van der Waals surface area contributed by atoms with Crippen LogP contribution < -0.4 is 10.5 Å². The monoisotopic (exact) mass is 315 g/mol. The number of nitrogens with two attached hydrogens (primary N) is 1. The molecule has 0 saturated carbocycles. The quantitative estimate of drug-likeness (QED) is 0.676. The van der Waals surface area contributed by atoms with Crippen LogP contribution in [0.4, 0.5) is 5.69 Å². The average Bonchev–Trinajstić information content (AvgIpc) is 2.65. The SMILES string of the molecule is COc1ccc(N)c(C(=CCc2ccccc2)c2ccccc2)c1. The van der Waals surface area contributed by atoms with Crippen LogP contribution in [0, 0.1) is 0 Å². The van der Waals surface area contributed by atoms with Crippen LogP contribution in [-0.2, 0) is 6.42 Å². The van der Waals surface area contributed by atoms with Crippen LogP contribution in [-0.4, -0.2) is 7.11 Å². The molecule has 0 radical (unpaired) electrons. The molecule has 2 nitrogen and oxygen atoms in total. The Kier molecular flexibility index (Phi) is 4.97. The summed E-state index contributed by atoms with van der Waals surface area (Å²) in [5, 5.41) is 0. The van der Waals surface area contributed by atoms with E-state index in [2.05, 4.69) is 42.5 Å². The Morgan fingerprint density at radius 1 is 0.917 bits per heavy atom. The molecule has 0 bridgehead atoms. The summed E-state index contributed by atoms with van der Waals surface area (Å²) in [6.07, 6.45) is 3.08. The number of allylic oxidation sites excluding steroid dienone is 1. The van der Waals surface area contributed by atoms with Crippen molar-refractivity contribution < 1.29 is 4.74 Å². The molecule has 0 saturated heterocycles. The van der Waals surface area contributed by atoms with Gasteiger partial charge in [0.2, 0.25) is 0 Å². The van der Waals surface area contributed by atoms with Crippen molar-refractivity contribution in [1.29, 1.82) is 0 Å². The van der Waals surface area contributed by atoms with E-state index in [1.165, 1.54) is 5.56 Å². The molecule has 120 valence electrons. The van der Waals surface area contributed by atoms with Crippen molar-refractivity contribution in [2.75, 3.05) is 12.8 Å². The van der Waals surface area contributed by atoms with Gasteiger partial charge in [-0.2, -0.15) is 0 Å². The molecule has 0 aromatic heterocycles. The number of benzene rings is 3. The van der Waals surface area contributed by atoms with Crippen LogP contribution in [0.15, 0.2) is 84.9 Å². The van der Waals surface area contributed by atoms with E-state index < -0.39 is 0 Å². The zero-order chi connectivity index (χ0) is 16.8. The predicted octanol–water partition coefficient (Wildman–Crippen LogP) is 4.95. The molecule has 3 aromatic carbocycles. The van der Waals surface area contributed by atoms with E-state index in [0.29, 0.717) is 0 Å². The fourth-order valence-corrected chi connectivity index (χ4v) is 2.73. The summed E-state index contributed by atoms with van der Waals surface area (Å²) in [7, 11) is 1.67. The molecule has 0 unspecified atom stereocenters. The molecule has 2 N–H and O–H groups in total. The van der Waals surface area contributed by atoms with Crippen molar-refractivity contribution in [3.63, 3.8) is 0 Å². The molecule has 0 aliphatic heterocycles. The van der Waals surface area contributed by atoms with E-state index in [0.717, 1.165) is 34.6 Å². The van der Waals surface area contributed by atoms with Crippen molar-refractivity contribution in [1.82, 2.24) is 0 Å². The van der Waals surface area contributed by atoms with E-state index in [-0.39, 0.29) is 0 Å². The van der Waals surface area contributed by atoms with E-state index in [9.17, 15) is 0 Å². The van der Waals surface area contributed by atoms with Crippen molar-refractivity contribution in [3.8, 4) is 5.75 Å². The minimum atomic E-state index is 0.749. The molecule has 0 atom stereocenters. The van der Waals surface area contributed by atoms with Crippen LogP contribution in [0.5, 0.6) is 5.75 Å². The second-order valence-electron chi connectivity index (χ2n) is 5.63. The predicted molar refractivity (Wildman–Crippen MR) is 101 cm³/mol. The topological polar surface area (TPSA) is 35.2 Å². The van der Waals surface area contributed by atoms with Gasteiger partial charge in [0, 0.05) is 11.3 Å². The normalized spacial score (nSPS) is 11.3. The first-order valence-corrected chi connectivity index (χ1v) is 8.01. The van der Waals surface area contributed by atoms with Gasteiger partial charge in [-0.15, -0.1) is 0 Å². The van der Waals surface area contributed by atoms with Crippen LogP contribution >= 0.6 is 0 Å². The molecule has 0 spiro atoms. The molecule has 3 aromatic rings. The summed E-state index contributed by atoms with van der Waals surface area (Å²) in [5.74, 6) is 0.806. The van der Waals surface area contributed by atoms with Gasteiger partial charge in [-0.25, -0.2) is 0 Å². The summed E-state index contributed by atoms with van der Waals surface area (Å²) in [6.45, 7) is 0. The van der Waals surface area contributed by atoms with E-state index in [4.69, 9.17) is 10.5 Å². The summed E-state index contributed by atoms with van der Waals surface area (Å²) >= 11 is 0. The van der Waals surface area contributed by atoms with Crippen molar-refractivity contribution in [2.24, 2.45) is 0 Å². The van der Waals surface area contributed by atoms with E-state index in [1.807, 2.05) is 42.5 Å². The lowest BCUT2D eigenvalue weighted by Gasteiger charge is -2.13. The minimum absolute atomic E-state index is 0.749. The molecule has 24 heavy (non-hydrogen) atoms. The molecular formula is C22H21NO. The minimum Gasteiger partial charge on any atom is -0.497 e. The maximum Gasteiger partial charge on any atom is 0.119 e. The molecule has 3 rings (SSSR count). The lowest BCUT2D eigenvalue weighted by atomic mass is 9.94. The number of anilines is 1. The number of hydrogen-bond acceptors (Lipinski definition) is 2. The lowest BCUT2D eigenvalue weighted by molar-refractivity contribution is 0.415. The summed E-state index contributed by atoms with van der Waals surface area (Å²) in [4.78, 5) is 0. The van der Waals surface area contributed by atoms with E-state index >= 15 is 0 Å². The van der Waals surface area contributed by atoms with Crippen molar-refractivity contribution >= 4 is 11.3 Å². The second kappa shape index (κ2) is 7.51. The number of methoxy groups -OCH3 is 1. The standard InChI is InChI=1S/C22H21NO/c1-24-19-13-15-22(23)21(16-19)20(18-10-6-3-7-11-18)14-12-17-8-4-2-5-9-17/h2-11,13-16H,12,23H2,1H3. The van der Waals surface area contributed by atoms with Crippen LogP contribution in [0.2, 0.25) is 0 Å². The molecule has 0 aliphatic rings. The number of ether oxygens (including phenoxy) is 1. The molecular weight excluding hydrogens is 294 g/mol. The average molecular weight is 315 g/mol. The Morgan fingerprint density at radius 3 is 2.25 bits per heavy atom. The van der Waals surface area contributed by atoms with Gasteiger partial charge in [0.05, 0.1) is 7.11 Å². The van der Waals surface area contributed by atoms with Gasteiger partial charge in [0.15, 0.2) is 0 Å². The maximum absolute atomic E-state index is 6.25. The lowest BCUT2D eigenvalue weighted by Crippen LogP contribution is -1.97. The number of rotatable bonds is 5. The van der Waals surface area contributed by atoms with Crippen LogP contribution in [0.3, 0.4) is 0 Å². The van der Waals surface area contributed by atoms with Gasteiger partial charge in [-0.3, -0.25) is 0 Å². The first-order valence-electron chi connectivity index (χ1n) is 8.01. The maximum atomic E-state index is 6.25. The van der Waals surface area contributed by atoms with Gasteiger partial charge in [-0.05, 0) is 41.3 Å². The fourth-order valence-electron chi connectivity index (χ4n) is 2.73. The van der Waals surface area contributed by atoms with Gasteiger partial charge in [0.25, 0.3) is 0 Å². The first-order chi connectivity index (χ1) is 11.8. The highest BCUT2D eigenvalue weighted by Gasteiger charge is 2.10. The highest BCUT2D eigenvalue weighted by molar-refractivity contribution is 5.86. The zero-order valence-electron chi connectivity index (χ0n) is 13.8. The van der Waals surface area contributed by atoms with Crippen molar-refractivity contribution in [3.05, 3.63) is 102 Å². The Labute approximate surface area is 143 Å². The zero-order valence-corrected chi connectivity index (χ0v) is 13.8. The third-order valence-electron chi connectivity index (χ3n) is 4.02. The molecule has 0 fully saturated rings. The fraction of sp³-hybridized carbons (Fsp3) is 0.0909. The molecule has 0 amide bonds. The van der Waals surface area contributed by atoms with Gasteiger partial charge >= 0.3 is 0 Å². The molecule has 0 heterocycles. The Balaban J connectivity index is 2.06. The Bertz CT molecular complexity index is 823. The second-order valence-corrected chi connectivity index (χ2v) is 5.63. The Morgan fingerprint density at radius 2 is 1.58 bits per heavy atom. The third kappa shape index (κ3) is 3.66. The summed E-state index contributed by atoms with van der Waals surface area (Å²) in [5.41, 5.74) is 11.5. The third-order valence-corrected chi connectivity index (χ3v) is 4.02. The molecule has 2 heteroatoms. The van der Waals surface area contributed by atoms with Crippen molar-refractivity contribution in [2.45, 2.75) is 6.42 Å². The summed E-state index contributed by atoms with van der Waals surface area (Å²) < 4.78 is 5.38. The van der Waals surface area contributed by atoms with E-state index in [1.54, 1.807) is 7.11 Å². The highest BCUT2D eigenvalue weighted by atomic mass is 16.5. The van der Waals surface area contributed by atoms with Crippen LogP contribution in [0.25, 0.3) is 5.57 Å². The molecule has 0 aliphatic carbocycles. The Hall–Kier alpha value is -3.00.